The molecule has 1 aromatic carbocycles. The van der Waals surface area contributed by atoms with Crippen molar-refractivity contribution in [3.8, 4) is 17.3 Å². The van der Waals surface area contributed by atoms with Gasteiger partial charge in [0.1, 0.15) is 27.5 Å². The predicted molar refractivity (Wildman–Crippen MR) is 114 cm³/mol. The summed E-state index contributed by atoms with van der Waals surface area (Å²) < 4.78 is 18.3. The van der Waals surface area contributed by atoms with E-state index in [0.717, 1.165) is 16.0 Å². The number of anilines is 1. The van der Waals surface area contributed by atoms with E-state index in [4.69, 9.17) is 4.74 Å². The van der Waals surface area contributed by atoms with E-state index in [1.807, 2.05) is 19.2 Å². The number of nitrogens with zero attached hydrogens (tertiary/aromatic N) is 2. The van der Waals surface area contributed by atoms with Gasteiger partial charge in [0, 0.05) is 22.0 Å². The number of aryl methyl sites for hydroxylation is 1. The van der Waals surface area contributed by atoms with Crippen LogP contribution in [0.25, 0.3) is 16.8 Å². The molecule has 0 saturated carbocycles. The number of esters is 1. The van der Waals surface area contributed by atoms with Crippen LogP contribution in [-0.4, -0.2) is 17.6 Å². The van der Waals surface area contributed by atoms with Gasteiger partial charge in [-0.05, 0) is 50.6 Å². The fourth-order valence-corrected chi connectivity index (χ4v) is 4.42. The Morgan fingerprint density at radius 2 is 2.07 bits per heavy atom. The Bertz CT molecular complexity index is 1110. The number of rotatable bonds is 6. The number of aromatic nitrogens is 1. The van der Waals surface area contributed by atoms with Crippen molar-refractivity contribution in [1.82, 2.24) is 4.98 Å². The van der Waals surface area contributed by atoms with Gasteiger partial charge in [-0.3, -0.25) is 0 Å². The van der Waals surface area contributed by atoms with Gasteiger partial charge in [-0.25, -0.2) is 14.2 Å². The number of hydrogen-bond acceptors (Lipinski definition) is 7. The molecule has 0 atom stereocenters. The lowest BCUT2D eigenvalue weighted by Crippen LogP contribution is -2.07. The molecule has 148 valence electrons. The topological polar surface area (TPSA) is 75.0 Å². The minimum atomic E-state index is -0.392. The summed E-state index contributed by atoms with van der Waals surface area (Å²) in [7, 11) is 0. The number of ether oxygens (including phenoxy) is 1. The molecule has 0 radical (unpaired) electrons. The van der Waals surface area contributed by atoms with Gasteiger partial charge in [-0.2, -0.15) is 5.26 Å². The Morgan fingerprint density at radius 3 is 2.72 bits per heavy atom. The molecule has 2 heterocycles. The molecule has 0 aliphatic carbocycles. The number of halogens is 1. The molecule has 0 unspecified atom stereocenters. The van der Waals surface area contributed by atoms with Crippen LogP contribution in [0.5, 0.6) is 0 Å². The van der Waals surface area contributed by atoms with Gasteiger partial charge in [0.15, 0.2) is 0 Å². The molecule has 0 spiro atoms. The van der Waals surface area contributed by atoms with Crippen molar-refractivity contribution in [3.63, 3.8) is 0 Å². The molecule has 2 aromatic heterocycles. The second-order valence-electron chi connectivity index (χ2n) is 6.07. The molecule has 5 nitrogen and oxygen atoms in total. The Kier molecular flexibility index (Phi) is 6.42. The number of nitriles is 1. The highest BCUT2D eigenvalue weighted by atomic mass is 32.1. The van der Waals surface area contributed by atoms with E-state index in [-0.39, 0.29) is 12.4 Å². The molecule has 3 rings (SSSR count). The van der Waals surface area contributed by atoms with Crippen molar-refractivity contribution in [2.24, 2.45) is 0 Å². The number of thiazole rings is 1. The zero-order chi connectivity index (χ0) is 21.0. The first-order chi connectivity index (χ1) is 13.9. The zero-order valence-corrected chi connectivity index (χ0v) is 17.7. The summed E-state index contributed by atoms with van der Waals surface area (Å²) in [6, 6.07) is 8.16. The predicted octanol–water partition coefficient (Wildman–Crippen LogP) is 5.78. The molecule has 1 N–H and O–H groups in total. The number of nitrogens with one attached hydrogen (secondary N) is 1. The molecule has 0 saturated heterocycles. The maximum Gasteiger partial charge on any atom is 0.341 e. The van der Waals surface area contributed by atoms with E-state index >= 15 is 0 Å². The number of carbonyl (C=O) groups excluding carboxylic acids is 1. The fourth-order valence-electron chi connectivity index (χ4n) is 2.61. The van der Waals surface area contributed by atoms with Crippen LogP contribution in [-0.2, 0) is 4.74 Å². The van der Waals surface area contributed by atoms with Crippen LogP contribution >= 0.6 is 22.7 Å². The van der Waals surface area contributed by atoms with Crippen LogP contribution < -0.4 is 5.32 Å². The largest absolute Gasteiger partial charge is 0.462 e. The van der Waals surface area contributed by atoms with Crippen molar-refractivity contribution in [3.05, 3.63) is 62.7 Å². The summed E-state index contributed by atoms with van der Waals surface area (Å²) in [5.41, 5.74) is 3.11. The normalized spacial score (nSPS) is 11.2. The molecule has 29 heavy (non-hydrogen) atoms. The van der Waals surface area contributed by atoms with Crippen molar-refractivity contribution in [1.29, 1.82) is 5.26 Å². The van der Waals surface area contributed by atoms with E-state index < -0.39 is 5.97 Å². The van der Waals surface area contributed by atoms with Gasteiger partial charge in [-0.1, -0.05) is 0 Å². The summed E-state index contributed by atoms with van der Waals surface area (Å²) in [4.78, 5) is 17.8. The summed E-state index contributed by atoms with van der Waals surface area (Å²) in [6.45, 7) is 5.85. The van der Waals surface area contributed by atoms with Crippen LogP contribution in [0.2, 0.25) is 0 Å². The minimum absolute atomic E-state index is 0.289. The van der Waals surface area contributed by atoms with E-state index in [1.54, 1.807) is 25.3 Å². The van der Waals surface area contributed by atoms with E-state index in [0.29, 0.717) is 26.8 Å². The van der Waals surface area contributed by atoms with Crippen LogP contribution in [0.3, 0.4) is 0 Å². The van der Waals surface area contributed by atoms with Crippen molar-refractivity contribution < 1.29 is 13.9 Å². The molecule has 3 aromatic rings. The van der Waals surface area contributed by atoms with Crippen LogP contribution in [0.15, 0.2) is 35.8 Å². The molecule has 0 bridgehead atoms. The molecule has 0 aliphatic rings. The highest BCUT2D eigenvalue weighted by molar-refractivity contribution is 7.16. The SMILES string of the molecule is CCOC(=O)c1c(NC=C(C#N)c2nc(-c3ccc(F)cc3)cs2)sc(C)c1C. The molecular weight excluding hydrogens is 409 g/mol. The third-order valence-electron chi connectivity index (χ3n) is 4.21. The third kappa shape index (κ3) is 4.53. The molecular formula is C21H18FN3O2S2. The first-order valence-corrected chi connectivity index (χ1v) is 10.5. The number of benzene rings is 1. The average Bonchev–Trinajstić information content (AvgIpc) is 3.29. The number of carbonyl (C=O) groups is 1. The lowest BCUT2D eigenvalue weighted by molar-refractivity contribution is 0.0527. The molecule has 8 heteroatoms. The highest BCUT2D eigenvalue weighted by Crippen LogP contribution is 2.34. The number of thiophene rings is 1. The maximum atomic E-state index is 13.1. The van der Waals surface area contributed by atoms with E-state index in [9.17, 15) is 14.4 Å². The Balaban J connectivity index is 1.87. The average molecular weight is 428 g/mol. The summed E-state index contributed by atoms with van der Waals surface area (Å²) in [6.07, 6.45) is 1.54. The van der Waals surface area contributed by atoms with Gasteiger partial charge >= 0.3 is 5.97 Å². The van der Waals surface area contributed by atoms with Crippen molar-refractivity contribution in [2.75, 3.05) is 11.9 Å². The summed E-state index contributed by atoms with van der Waals surface area (Å²) in [5, 5.41) is 15.6. The van der Waals surface area contributed by atoms with Gasteiger partial charge in [0.2, 0.25) is 0 Å². The second kappa shape index (κ2) is 8.99. The lowest BCUT2D eigenvalue weighted by atomic mass is 10.1. The van der Waals surface area contributed by atoms with Gasteiger partial charge in [-0.15, -0.1) is 22.7 Å². The maximum absolute atomic E-state index is 13.1. The monoisotopic (exact) mass is 427 g/mol. The quantitative estimate of drug-likeness (QED) is 0.399. The van der Waals surface area contributed by atoms with Crippen molar-refractivity contribution in [2.45, 2.75) is 20.8 Å². The molecule has 0 fully saturated rings. The van der Waals surface area contributed by atoms with E-state index in [1.165, 1.54) is 34.8 Å². The minimum Gasteiger partial charge on any atom is -0.462 e. The second-order valence-corrected chi connectivity index (χ2v) is 8.15. The summed E-state index contributed by atoms with van der Waals surface area (Å²) >= 11 is 2.75. The van der Waals surface area contributed by atoms with Gasteiger partial charge in [0.25, 0.3) is 0 Å². The van der Waals surface area contributed by atoms with Crippen LogP contribution in [0, 0.1) is 31.0 Å². The zero-order valence-electron chi connectivity index (χ0n) is 16.1. The fraction of sp³-hybridized carbons (Fsp3) is 0.190. The smallest absolute Gasteiger partial charge is 0.341 e. The molecule has 0 amide bonds. The third-order valence-corrected chi connectivity index (χ3v) is 6.22. The van der Waals surface area contributed by atoms with Crippen LogP contribution in [0.1, 0.15) is 32.7 Å². The van der Waals surface area contributed by atoms with Crippen LogP contribution in [0.4, 0.5) is 9.39 Å². The molecule has 0 aliphatic heterocycles. The Labute approximate surface area is 176 Å². The first-order valence-electron chi connectivity index (χ1n) is 8.80. The summed E-state index contributed by atoms with van der Waals surface area (Å²) in [5.74, 6) is -0.707. The first kappa shape index (κ1) is 20.7. The number of allylic oxidation sites excluding steroid dienone is 1. The van der Waals surface area contributed by atoms with Gasteiger partial charge in [0.05, 0.1) is 17.9 Å². The van der Waals surface area contributed by atoms with Crippen molar-refractivity contribution >= 4 is 39.2 Å². The van der Waals surface area contributed by atoms with E-state index in [2.05, 4.69) is 16.4 Å². The Hall–Kier alpha value is -3.02. The standard InChI is InChI=1S/C21H18FN3O2S2/c1-4-27-21(26)18-12(2)13(3)29-20(18)24-10-15(9-23)19-25-17(11-28-19)14-5-7-16(22)8-6-14/h5-8,10-11,24H,4H2,1-3H3. The Morgan fingerprint density at radius 1 is 1.34 bits per heavy atom. The number of hydrogen-bond donors (Lipinski definition) is 1. The highest BCUT2D eigenvalue weighted by Gasteiger charge is 2.20. The lowest BCUT2D eigenvalue weighted by Gasteiger charge is -2.05. The van der Waals surface area contributed by atoms with Gasteiger partial charge < -0.3 is 10.1 Å².